The van der Waals surface area contributed by atoms with Crippen LogP contribution < -0.4 is 0 Å². The maximum atomic E-state index is 5.44. The third-order valence-electron chi connectivity index (χ3n) is 2.91. The van der Waals surface area contributed by atoms with Crippen LogP contribution in [0, 0.1) is 0 Å². The van der Waals surface area contributed by atoms with E-state index in [2.05, 4.69) is 45.9 Å². The Kier molecular flexibility index (Phi) is 2.56. The van der Waals surface area contributed by atoms with Crippen molar-refractivity contribution in [2.24, 2.45) is 0 Å². The van der Waals surface area contributed by atoms with E-state index in [9.17, 15) is 0 Å². The van der Waals surface area contributed by atoms with Crippen LogP contribution in [0.15, 0.2) is 28.9 Å². The van der Waals surface area contributed by atoms with Crippen LogP contribution in [-0.2, 0) is 0 Å². The normalized spacial score (nSPS) is 11.9. The van der Waals surface area contributed by atoms with Crippen LogP contribution >= 0.6 is 0 Å². The lowest BCUT2D eigenvalue weighted by atomic mass is 9.88. The second-order valence-electron chi connectivity index (χ2n) is 4.71. The highest BCUT2D eigenvalue weighted by molar-refractivity contribution is 5.83. The second-order valence-corrected chi connectivity index (χ2v) is 4.71. The third kappa shape index (κ3) is 1.67. The van der Waals surface area contributed by atoms with Gasteiger partial charge in [0, 0.05) is 5.39 Å². The smallest absolute Gasteiger partial charge is 0.134 e. The molecular formula is C14H18O. The summed E-state index contributed by atoms with van der Waals surface area (Å²) >= 11 is 0. The maximum absolute atomic E-state index is 5.44. The van der Waals surface area contributed by atoms with Crippen molar-refractivity contribution in [3.05, 3.63) is 35.6 Å². The standard InChI is InChI=1S/C14H18O/c1-9(2)11-5-6-13-12(7-8-15-13)14(11)10(3)4/h5-10H,1-4H3. The number of benzene rings is 1. The predicted octanol–water partition coefficient (Wildman–Crippen LogP) is 4.68. The summed E-state index contributed by atoms with van der Waals surface area (Å²) < 4.78 is 5.44. The van der Waals surface area contributed by atoms with Crippen molar-refractivity contribution in [1.29, 1.82) is 0 Å². The van der Waals surface area contributed by atoms with Crippen molar-refractivity contribution in [2.75, 3.05) is 0 Å². The Balaban J connectivity index is 2.75. The largest absolute Gasteiger partial charge is 0.464 e. The molecule has 0 atom stereocenters. The summed E-state index contributed by atoms with van der Waals surface area (Å²) in [5.41, 5.74) is 3.89. The highest BCUT2D eigenvalue weighted by Crippen LogP contribution is 2.33. The van der Waals surface area contributed by atoms with Crippen molar-refractivity contribution in [3.63, 3.8) is 0 Å². The quantitative estimate of drug-likeness (QED) is 0.689. The Hall–Kier alpha value is -1.24. The monoisotopic (exact) mass is 202 g/mol. The first kappa shape index (κ1) is 10.3. The predicted molar refractivity (Wildman–Crippen MR) is 64.4 cm³/mol. The van der Waals surface area contributed by atoms with Gasteiger partial charge in [-0.2, -0.15) is 0 Å². The molecule has 2 rings (SSSR count). The summed E-state index contributed by atoms with van der Waals surface area (Å²) in [7, 11) is 0. The minimum atomic E-state index is 0.545. The molecule has 0 bridgehead atoms. The Morgan fingerprint density at radius 3 is 2.27 bits per heavy atom. The van der Waals surface area contributed by atoms with E-state index in [0.717, 1.165) is 5.58 Å². The highest BCUT2D eigenvalue weighted by Gasteiger charge is 2.14. The molecule has 1 aromatic carbocycles. The average molecular weight is 202 g/mol. The van der Waals surface area contributed by atoms with Gasteiger partial charge in [0.25, 0.3) is 0 Å². The summed E-state index contributed by atoms with van der Waals surface area (Å²) in [5, 5.41) is 1.27. The van der Waals surface area contributed by atoms with Gasteiger partial charge in [-0.3, -0.25) is 0 Å². The summed E-state index contributed by atoms with van der Waals surface area (Å²) in [5.74, 6) is 1.12. The summed E-state index contributed by atoms with van der Waals surface area (Å²) in [6, 6.07) is 6.36. The number of hydrogen-bond acceptors (Lipinski definition) is 1. The van der Waals surface area contributed by atoms with E-state index in [1.54, 1.807) is 6.26 Å². The summed E-state index contributed by atoms with van der Waals surface area (Å²) in [4.78, 5) is 0. The molecular weight excluding hydrogens is 184 g/mol. The number of fused-ring (bicyclic) bond motifs is 1. The number of furan rings is 1. The van der Waals surface area contributed by atoms with Gasteiger partial charge >= 0.3 is 0 Å². The lowest BCUT2D eigenvalue weighted by Gasteiger charge is -2.16. The molecule has 0 unspecified atom stereocenters. The molecule has 1 heteroatoms. The molecule has 0 N–H and O–H groups in total. The molecule has 0 fully saturated rings. The van der Waals surface area contributed by atoms with Crippen molar-refractivity contribution < 1.29 is 4.42 Å². The minimum Gasteiger partial charge on any atom is -0.464 e. The second kappa shape index (κ2) is 3.73. The Bertz CT molecular complexity index is 463. The Labute approximate surface area is 91.1 Å². The molecule has 1 heterocycles. The zero-order valence-electron chi connectivity index (χ0n) is 9.87. The van der Waals surface area contributed by atoms with E-state index in [1.807, 2.05) is 0 Å². The molecule has 0 aliphatic heterocycles. The molecule has 0 saturated carbocycles. The van der Waals surface area contributed by atoms with E-state index in [-0.39, 0.29) is 0 Å². The molecule has 2 aromatic rings. The van der Waals surface area contributed by atoms with E-state index in [4.69, 9.17) is 4.42 Å². The van der Waals surface area contributed by atoms with Gasteiger partial charge in [0.2, 0.25) is 0 Å². The average Bonchev–Trinajstić information content (AvgIpc) is 2.62. The Morgan fingerprint density at radius 2 is 1.67 bits per heavy atom. The number of hydrogen-bond donors (Lipinski definition) is 0. The van der Waals surface area contributed by atoms with Gasteiger partial charge in [0.1, 0.15) is 5.58 Å². The van der Waals surface area contributed by atoms with Crippen LogP contribution in [0.3, 0.4) is 0 Å². The van der Waals surface area contributed by atoms with E-state index >= 15 is 0 Å². The van der Waals surface area contributed by atoms with Gasteiger partial charge in [-0.1, -0.05) is 33.8 Å². The van der Waals surface area contributed by atoms with Crippen LogP contribution in [-0.4, -0.2) is 0 Å². The van der Waals surface area contributed by atoms with Crippen molar-refractivity contribution in [1.82, 2.24) is 0 Å². The Morgan fingerprint density at radius 1 is 0.933 bits per heavy atom. The first-order chi connectivity index (χ1) is 7.11. The molecule has 15 heavy (non-hydrogen) atoms. The van der Waals surface area contributed by atoms with E-state index in [1.165, 1.54) is 16.5 Å². The van der Waals surface area contributed by atoms with Crippen LogP contribution in [0.4, 0.5) is 0 Å². The third-order valence-corrected chi connectivity index (χ3v) is 2.91. The fourth-order valence-electron chi connectivity index (χ4n) is 2.23. The SMILES string of the molecule is CC(C)c1ccc2occc2c1C(C)C. The molecule has 0 radical (unpaired) electrons. The van der Waals surface area contributed by atoms with Gasteiger partial charge in [0.15, 0.2) is 0 Å². The van der Waals surface area contributed by atoms with Crippen LogP contribution in [0.2, 0.25) is 0 Å². The lowest BCUT2D eigenvalue weighted by Crippen LogP contribution is -1.98. The highest BCUT2D eigenvalue weighted by atomic mass is 16.3. The molecule has 0 aliphatic carbocycles. The fourth-order valence-corrected chi connectivity index (χ4v) is 2.23. The zero-order valence-corrected chi connectivity index (χ0v) is 9.87. The van der Waals surface area contributed by atoms with Crippen molar-refractivity contribution in [3.8, 4) is 0 Å². The molecule has 0 spiro atoms. The fraction of sp³-hybridized carbons (Fsp3) is 0.429. The maximum Gasteiger partial charge on any atom is 0.134 e. The minimum absolute atomic E-state index is 0.545. The molecule has 0 amide bonds. The van der Waals surface area contributed by atoms with Crippen molar-refractivity contribution in [2.45, 2.75) is 39.5 Å². The molecule has 80 valence electrons. The van der Waals surface area contributed by atoms with Crippen molar-refractivity contribution >= 4 is 11.0 Å². The molecule has 1 nitrogen and oxygen atoms in total. The first-order valence-electron chi connectivity index (χ1n) is 5.61. The van der Waals surface area contributed by atoms with Gasteiger partial charge < -0.3 is 4.42 Å². The first-order valence-corrected chi connectivity index (χ1v) is 5.61. The van der Waals surface area contributed by atoms with Gasteiger partial charge in [0.05, 0.1) is 6.26 Å². The van der Waals surface area contributed by atoms with E-state index < -0.39 is 0 Å². The van der Waals surface area contributed by atoms with Gasteiger partial charge in [-0.05, 0) is 35.1 Å². The number of rotatable bonds is 2. The van der Waals surface area contributed by atoms with Crippen LogP contribution in [0.1, 0.15) is 50.7 Å². The molecule has 0 aliphatic rings. The van der Waals surface area contributed by atoms with E-state index in [0.29, 0.717) is 11.8 Å². The van der Waals surface area contributed by atoms with Gasteiger partial charge in [-0.15, -0.1) is 0 Å². The molecule has 0 saturated heterocycles. The zero-order chi connectivity index (χ0) is 11.0. The topological polar surface area (TPSA) is 13.1 Å². The van der Waals surface area contributed by atoms with Crippen LogP contribution in [0.5, 0.6) is 0 Å². The van der Waals surface area contributed by atoms with Crippen LogP contribution in [0.25, 0.3) is 11.0 Å². The lowest BCUT2D eigenvalue weighted by molar-refractivity contribution is 0.615. The molecule has 1 aromatic heterocycles. The summed E-state index contributed by atoms with van der Waals surface area (Å²) in [6.45, 7) is 8.97. The summed E-state index contributed by atoms with van der Waals surface area (Å²) in [6.07, 6.45) is 1.78. The van der Waals surface area contributed by atoms with Gasteiger partial charge in [-0.25, -0.2) is 0 Å².